The van der Waals surface area contributed by atoms with Crippen molar-refractivity contribution < 1.29 is 14.3 Å². The van der Waals surface area contributed by atoms with Gasteiger partial charge < -0.3 is 24.7 Å². The summed E-state index contributed by atoms with van der Waals surface area (Å²) in [5, 5.41) is 0. The fourth-order valence-electron chi connectivity index (χ4n) is 2.35. The van der Waals surface area contributed by atoms with Crippen LogP contribution in [0.15, 0.2) is 23.1 Å². The molecule has 2 rings (SSSR count). The molecule has 7 heteroatoms. The second kappa shape index (κ2) is 7.24. The first kappa shape index (κ1) is 15.5. The number of hydrogen-bond donors (Lipinski definition) is 1. The number of nitrogens with zero attached hydrogens (tertiary/aromatic N) is 2. The van der Waals surface area contributed by atoms with Crippen LogP contribution in [0.4, 0.5) is 0 Å². The van der Waals surface area contributed by atoms with Crippen LogP contribution in [0.2, 0.25) is 0 Å². The third-order valence-electron chi connectivity index (χ3n) is 3.49. The minimum atomic E-state index is -0.305. The van der Waals surface area contributed by atoms with Crippen LogP contribution < -0.4 is 16.0 Å². The van der Waals surface area contributed by atoms with Crippen molar-refractivity contribution in [1.29, 1.82) is 0 Å². The van der Waals surface area contributed by atoms with Crippen molar-refractivity contribution in [1.82, 2.24) is 9.47 Å². The fourth-order valence-corrected chi connectivity index (χ4v) is 2.35. The van der Waals surface area contributed by atoms with Crippen molar-refractivity contribution in [3.05, 3.63) is 28.7 Å². The summed E-state index contributed by atoms with van der Waals surface area (Å²) in [6, 6.07) is 3.26. The lowest BCUT2D eigenvalue weighted by Gasteiger charge is -2.33. The summed E-state index contributed by atoms with van der Waals surface area (Å²) in [6.07, 6.45) is 2.29. The minimum Gasteiger partial charge on any atom is -0.491 e. The highest BCUT2D eigenvalue weighted by molar-refractivity contribution is 5.76. The summed E-state index contributed by atoms with van der Waals surface area (Å²) in [4.78, 5) is 26.0. The van der Waals surface area contributed by atoms with Gasteiger partial charge >= 0.3 is 0 Å². The lowest BCUT2D eigenvalue weighted by Crippen LogP contribution is -2.47. The number of ether oxygens (including phenoxy) is 2. The Morgan fingerprint density at radius 2 is 2.38 bits per heavy atom. The molecule has 116 valence electrons. The summed E-state index contributed by atoms with van der Waals surface area (Å²) >= 11 is 0. The molecule has 1 aromatic rings. The monoisotopic (exact) mass is 295 g/mol. The number of rotatable bonds is 5. The number of methoxy groups -OCH3 is 1. The number of hydrogen-bond acceptors (Lipinski definition) is 5. The van der Waals surface area contributed by atoms with Gasteiger partial charge in [0.1, 0.15) is 6.54 Å². The second-order valence-electron chi connectivity index (χ2n) is 4.92. The minimum absolute atomic E-state index is 0.00534. The predicted molar refractivity (Wildman–Crippen MR) is 77.2 cm³/mol. The Hall–Kier alpha value is -1.86. The lowest BCUT2D eigenvalue weighted by molar-refractivity contribution is -0.139. The summed E-state index contributed by atoms with van der Waals surface area (Å²) in [6.45, 7) is 2.10. The highest BCUT2D eigenvalue weighted by Crippen LogP contribution is 2.09. The summed E-state index contributed by atoms with van der Waals surface area (Å²) in [7, 11) is 1.43. The molecule has 1 aliphatic heterocycles. The Labute approximate surface area is 123 Å². The molecule has 0 bridgehead atoms. The summed E-state index contributed by atoms with van der Waals surface area (Å²) in [5.74, 6) is 0.129. The van der Waals surface area contributed by atoms with Crippen molar-refractivity contribution in [2.75, 3.05) is 33.4 Å². The van der Waals surface area contributed by atoms with Gasteiger partial charge in [-0.3, -0.25) is 9.59 Å². The first-order valence-electron chi connectivity index (χ1n) is 6.98. The number of nitrogens with two attached hydrogens (primary N) is 1. The van der Waals surface area contributed by atoms with E-state index in [-0.39, 0.29) is 29.9 Å². The normalized spacial score (nSPS) is 18.6. The smallest absolute Gasteiger partial charge is 0.293 e. The zero-order valence-corrected chi connectivity index (χ0v) is 12.2. The average Bonchev–Trinajstić information content (AvgIpc) is 2.50. The number of aromatic nitrogens is 1. The molecule has 0 spiro atoms. The zero-order chi connectivity index (χ0) is 15.2. The van der Waals surface area contributed by atoms with E-state index < -0.39 is 0 Å². The van der Waals surface area contributed by atoms with Crippen molar-refractivity contribution in [2.45, 2.75) is 19.1 Å². The maximum absolute atomic E-state index is 12.3. The van der Waals surface area contributed by atoms with Gasteiger partial charge in [0, 0.05) is 19.3 Å². The molecule has 0 unspecified atom stereocenters. The number of pyridine rings is 1. The van der Waals surface area contributed by atoms with E-state index >= 15 is 0 Å². The first-order chi connectivity index (χ1) is 10.2. The van der Waals surface area contributed by atoms with Gasteiger partial charge in [-0.2, -0.15) is 0 Å². The Bertz CT molecular complexity index is 541. The van der Waals surface area contributed by atoms with Crippen LogP contribution in [-0.4, -0.2) is 54.8 Å². The van der Waals surface area contributed by atoms with Crippen LogP contribution >= 0.6 is 0 Å². The van der Waals surface area contributed by atoms with Gasteiger partial charge in [-0.1, -0.05) is 0 Å². The standard InChI is InChI=1S/C14H21N3O4/c1-20-12-3-2-6-17(14(12)19)10-13(18)16-7-8-21-11(9-16)4-5-15/h2-3,6,11H,4-5,7-10,15H2,1H3/t11-/m1/s1. The lowest BCUT2D eigenvalue weighted by atomic mass is 10.2. The molecule has 1 fully saturated rings. The summed E-state index contributed by atoms with van der Waals surface area (Å²) < 4.78 is 11.9. The topological polar surface area (TPSA) is 86.8 Å². The molecule has 1 aromatic heterocycles. The molecule has 1 saturated heterocycles. The maximum Gasteiger partial charge on any atom is 0.293 e. The van der Waals surface area contributed by atoms with E-state index in [1.807, 2.05) is 0 Å². The van der Waals surface area contributed by atoms with Crippen molar-refractivity contribution >= 4 is 5.91 Å². The predicted octanol–water partition coefficient (Wildman–Crippen LogP) is -0.567. The molecule has 1 amide bonds. The van der Waals surface area contributed by atoms with Gasteiger partial charge in [-0.05, 0) is 25.1 Å². The highest BCUT2D eigenvalue weighted by Gasteiger charge is 2.24. The molecule has 0 aromatic carbocycles. The molecule has 0 saturated carbocycles. The van der Waals surface area contributed by atoms with Gasteiger partial charge in [0.15, 0.2) is 5.75 Å². The number of morpholine rings is 1. The van der Waals surface area contributed by atoms with Gasteiger partial charge in [0.25, 0.3) is 5.56 Å². The fraction of sp³-hybridized carbons (Fsp3) is 0.571. The van der Waals surface area contributed by atoms with E-state index in [1.165, 1.54) is 11.7 Å². The number of carbonyl (C=O) groups is 1. The van der Waals surface area contributed by atoms with Crippen LogP contribution in [0.25, 0.3) is 0 Å². The maximum atomic E-state index is 12.3. The number of amides is 1. The number of carbonyl (C=O) groups excluding carboxylic acids is 1. The van der Waals surface area contributed by atoms with Crippen molar-refractivity contribution in [3.63, 3.8) is 0 Å². The van der Waals surface area contributed by atoms with E-state index in [0.717, 1.165) is 6.42 Å². The molecule has 0 aliphatic carbocycles. The third kappa shape index (κ3) is 3.83. The van der Waals surface area contributed by atoms with E-state index in [9.17, 15) is 9.59 Å². The van der Waals surface area contributed by atoms with Gasteiger partial charge in [0.05, 0.1) is 19.8 Å². The molecule has 1 atom stereocenters. The molecule has 21 heavy (non-hydrogen) atoms. The van der Waals surface area contributed by atoms with Crippen LogP contribution in [0, 0.1) is 0 Å². The van der Waals surface area contributed by atoms with Crippen LogP contribution in [0.5, 0.6) is 5.75 Å². The van der Waals surface area contributed by atoms with Crippen molar-refractivity contribution in [2.24, 2.45) is 5.73 Å². The molecular weight excluding hydrogens is 274 g/mol. The van der Waals surface area contributed by atoms with Crippen LogP contribution in [0.3, 0.4) is 0 Å². The Kier molecular flexibility index (Phi) is 5.35. The first-order valence-corrected chi connectivity index (χ1v) is 6.98. The molecular formula is C14H21N3O4. The Morgan fingerprint density at radius 1 is 1.57 bits per heavy atom. The second-order valence-corrected chi connectivity index (χ2v) is 4.92. The van der Waals surface area contributed by atoms with Gasteiger partial charge in [-0.15, -0.1) is 0 Å². The van der Waals surface area contributed by atoms with Crippen LogP contribution in [-0.2, 0) is 16.1 Å². The molecule has 1 aliphatic rings. The summed E-state index contributed by atoms with van der Waals surface area (Å²) in [5.41, 5.74) is 5.21. The highest BCUT2D eigenvalue weighted by atomic mass is 16.5. The van der Waals surface area contributed by atoms with Gasteiger partial charge in [0.2, 0.25) is 5.91 Å². The largest absolute Gasteiger partial charge is 0.491 e. The molecule has 2 heterocycles. The third-order valence-corrected chi connectivity index (χ3v) is 3.49. The zero-order valence-electron chi connectivity index (χ0n) is 12.2. The van der Waals surface area contributed by atoms with E-state index in [4.69, 9.17) is 15.2 Å². The Balaban J connectivity index is 2.03. The van der Waals surface area contributed by atoms with Crippen LogP contribution in [0.1, 0.15) is 6.42 Å². The molecule has 2 N–H and O–H groups in total. The Morgan fingerprint density at radius 3 is 3.10 bits per heavy atom. The van der Waals surface area contributed by atoms with E-state index in [0.29, 0.717) is 26.2 Å². The molecule has 0 radical (unpaired) electrons. The van der Waals surface area contributed by atoms with E-state index in [1.54, 1.807) is 23.2 Å². The molecule has 7 nitrogen and oxygen atoms in total. The SMILES string of the molecule is COc1cccn(CC(=O)N2CCO[C@H](CCN)C2)c1=O. The quantitative estimate of drug-likeness (QED) is 0.786. The van der Waals surface area contributed by atoms with Gasteiger partial charge in [-0.25, -0.2) is 0 Å². The average molecular weight is 295 g/mol. The van der Waals surface area contributed by atoms with E-state index in [2.05, 4.69) is 0 Å². The van der Waals surface area contributed by atoms with Crippen molar-refractivity contribution in [3.8, 4) is 5.75 Å².